The molecular weight excluding hydrogens is 650 g/mol. The number of aliphatic hydroxyl groups excluding tert-OH is 3. The summed E-state index contributed by atoms with van der Waals surface area (Å²) >= 11 is 0. The first kappa shape index (κ1) is 45.8. The Hall–Kier alpha value is 2.42. The summed E-state index contributed by atoms with van der Waals surface area (Å²) in [6.45, 7) is -1.36. The van der Waals surface area contributed by atoms with Crippen molar-refractivity contribution >= 4 is 37.1 Å². The van der Waals surface area contributed by atoms with Gasteiger partial charge in [-0.25, -0.2) is 30.0 Å². The molecule has 4 N–H and O–H groups in total. The van der Waals surface area contributed by atoms with Crippen LogP contribution in [0, 0.1) is 0 Å². The number of carboxylic acid groups (broad SMARTS) is 1. The van der Waals surface area contributed by atoms with Crippen LogP contribution in [0.1, 0.15) is 0 Å². The predicted molar refractivity (Wildman–Crippen MR) is 92.6 cm³/mol. The summed E-state index contributed by atoms with van der Waals surface area (Å²) < 4.78 is 122. The minimum absolute atomic E-state index is 0. The molecule has 0 aromatic heterocycles. The third-order valence-electron chi connectivity index (χ3n) is 4.24. The Morgan fingerprint density at radius 1 is 0.949 bits per heavy atom. The first-order chi connectivity index (χ1) is 15.8. The van der Waals surface area contributed by atoms with Gasteiger partial charge >= 0.3 is 118 Å². The molecule has 204 valence electrons. The Morgan fingerprint density at radius 3 is 1.92 bits per heavy atom. The SMILES string of the molecule is O=C([O-])C1=C[C@H](O)[C@@H](OS(=O)(=O)[O-])[C@H](O[C@H]2[C@H](O)[C@@H](NS(=O)(=O)[O-])C(O)O[C@@H]2COS(=O)(=O)[O-])O1.[Na+].[Na+].[Na+].[Na+]. The van der Waals surface area contributed by atoms with E-state index in [2.05, 4.69) is 8.37 Å². The molecule has 8 atom stereocenters. The summed E-state index contributed by atoms with van der Waals surface area (Å²) in [7, 11) is -16.5. The van der Waals surface area contributed by atoms with Gasteiger partial charge in [-0.1, -0.05) is 0 Å². The number of rotatable bonds is 10. The molecule has 0 saturated carbocycles. The van der Waals surface area contributed by atoms with Crippen molar-refractivity contribution in [1.29, 1.82) is 0 Å². The van der Waals surface area contributed by atoms with E-state index in [4.69, 9.17) is 14.2 Å². The van der Waals surface area contributed by atoms with Crippen molar-refractivity contribution < 1.29 is 205 Å². The Kier molecular flexibility index (Phi) is 21.6. The summed E-state index contributed by atoms with van der Waals surface area (Å²) in [5.41, 5.74) is 0. The van der Waals surface area contributed by atoms with Gasteiger partial charge in [-0.2, -0.15) is 0 Å². The standard InChI is InChI=1S/C12H19NO19S3.4Na/c14-3-1-4(10(16)17)30-12(8(3)32-35(25,26)27)31-9-5(2-28-34(22,23)24)29-11(18)6(7(9)15)13-33(19,20)21;;;;/h1,3,5-9,11-15,18H,2H2,(H,16,17)(H,19,20,21)(H,22,23,24)(H,25,26,27);;;;/q;4*+1/p-4/t3-,5+,6+,7+,8+,9+,11?,12-;;;;/m0..../s1. The summed E-state index contributed by atoms with van der Waals surface area (Å²) in [5.74, 6) is -3.31. The fraction of sp³-hybridized carbons (Fsp3) is 0.750. The van der Waals surface area contributed by atoms with Gasteiger partial charge in [-0.05, 0) is 6.08 Å². The van der Waals surface area contributed by atoms with Gasteiger partial charge < -0.3 is 53.1 Å². The third-order valence-corrected chi connectivity index (χ3v) is 5.68. The maximum absolute atomic E-state index is 11.1. The van der Waals surface area contributed by atoms with Crippen molar-refractivity contribution in [3.63, 3.8) is 0 Å². The zero-order valence-corrected chi connectivity index (χ0v) is 31.0. The summed E-state index contributed by atoms with van der Waals surface area (Å²) in [4.78, 5) is 11.1. The second-order valence-electron chi connectivity index (χ2n) is 6.71. The van der Waals surface area contributed by atoms with Gasteiger partial charge in [0.05, 0.1) is 6.61 Å². The van der Waals surface area contributed by atoms with Crippen molar-refractivity contribution in [2.75, 3.05) is 6.61 Å². The molecule has 0 amide bonds. The van der Waals surface area contributed by atoms with Crippen LogP contribution < -0.4 is 128 Å². The van der Waals surface area contributed by atoms with Crippen LogP contribution in [0.15, 0.2) is 11.8 Å². The first-order valence-corrected chi connectivity index (χ1v) is 12.8. The average molecular weight is 665 g/mol. The number of aliphatic carboxylic acids is 1. The van der Waals surface area contributed by atoms with Gasteiger partial charge in [0, 0.05) is 0 Å². The molecule has 0 aliphatic carbocycles. The summed E-state index contributed by atoms with van der Waals surface area (Å²) in [6, 6.07) is -2.25. The van der Waals surface area contributed by atoms with E-state index in [0.29, 0.717) is 6.08 Å². The number of hydrogen-bond acceptors (Lipinski definition) is 19. The van der Waals surface area contributed by atoms with E-state index >= 15 is 0 Å². The number of nitrogens with one attached hydrogen (secondary N) is 1. The van der Waals surface area contributed by atoms with Crippen LogP contribution in [0.4, 0.5) is 0 Å². The summed E-state index contributed by atoms with van der Waals surface area (Å²) in [6.07, 6.45) is -15.9. The van der Waals surface area contributed by atoms with Crippen LogP contribution in [0.25, 0.3) is 0 Å². The molecule has 27 heteroatoms. The van der Waals surface area contributed by atoms with Gasteiger partial charge in [0.2, 0.25) is 27.1 Å². The third kappa shape index (κ3) is 15.3. The largest absolute Gasteiger partial charge is 1.00 e. The predicted octanol–water partition coefficient (Wildman–Crippen LogP) is -19.4. The quantitative estimate of drug-likeness (QED) is 0.0955. The van der Waals surface area contributed by atoms with Gasteiger partial charge in [0.25, 0.3) is 0 Å². The molecule has 0 aromatic rings. The van der Waals surface area contributed by atoms with Gasteiger partial charge in [0.15, 0.2) is 22.7 Å². The number of carboxylic acids is 1. The van der Waals surface area contributed by atoms with E-state index in [1.54, 1.807) is 0 Å². The number of ether oxygens (including phenoxy) is 3. The molecule has 2 rings (SSSR count). The number of aliphatic hydroxyl groups is 3. The van der Waals surface area contributed by atoms with Crippen LogP contribution in [0.2, 0.25) is 0 Å². The first-order valence-electron chi connectivity index (χ1n) is 8.70. The van der Waals surface area contributed by atoms with Crippen molar-refractivity contribution in [1.82, 2.24) is 4.72 Å². The zero-order valence-electron chi connectivity index (χ0n) is 20.5. The Bertz CT molecular complexity index is 1150. The minimum atomic E-state index is -5.64. The fourth-order valence-corrected chi connectivity index (χ4v) is 4.31. The van der Waals surface area contributed by atoms with Crippen molar-refractivity contribution in [2.24, 2.45) is 0 Å². The molecule has 1 saturated heterocycles. The smallest absolute Gasteiger partial charge is 0.735 e. The molecule has 0 spiro atoms. The molecule has 1 unspecified atom stereocenters. The number of carbonyl (C=O) groups excluding carboxylic acids is 1. The van der Waals surface area contributed by atoms with Crippen molar-refractivity contribution in [2.45, 2.75) is 49.1 Å². The molecular formula is C12H15NNa4O19S3. The fourth-order valence-electron chi connectivity index (χ4n) is 2.94. The molecule has 2 heterocycles. The zero-order chi connectivity index (χ0) is 26.9. The molecule has 2 aliphatic heterocycles. The van der Waals surface area contributed by atoms with E-state index in [1.165, 1.54) is 4.72 Å². The normalized spacial score (nSPS) is 31.1. The second-order valence-corrected chi connectivity index (χ2v) is 9.92. The molecule has 1 fully saturated rings. The van der Waals surface area contributed by atoms with E-state index in [1.807, 2.05) is 0 Å². The minimum Gasteiger partial charge on any atom is -0.735 e. The van der Waals surface area contributed by atoms with Crippen LogP contribution in [-0.2, 0) is 58.5 Å². The Labute approximate surface area is 310 Å². The molecule has 20 nitrogen and oxygen atoms in total. The molecule has 0 aromatic carbocycles. The molecule has 0 radical (unpaired) electrons. The van der Waals surface area contributed by atoms with Gasteiger partial charge in [-0.15, -0.1) is 0 Å². The van der Waals surface area contributed by atoms with Gasteiger partial charge in [-0.3, -0.25) is 8.37 Å². The Morgan fingerprint density at radius 2 is 1.49 bits per heavy atom. The van der Waals surface area contributed by atoms with Crippen molar-refractivity contribution in [3.8, 4) is 0 Å². The summed E-state index contributed by atoms with van der Waals surface area (Å²) in [5, 5.41) is 41.4. The van der Waals surface area contributed by atoms with Crippen LogP contribution in [-0.4, -0.2) is 116 Å². The van der Waals surface area contributed by atoms with E-state index < -0.39 is 98.6 Å². The number of hydrogen-bond donors (Lipinski definition) is 4. The topological polar surface area (TPSA) is 331 Å². The van der Waals surface area contributed by atoms with E-state index in [-0.39, 0.29) is 118 Å². The van der Waals surface area contributed by atoms with Crippen LogP contribution in [0.5, 0.6) is 0 Å². The van der Waals surface area contributed by atoms with Crippen LogP contribution in [0.3, 0.4) is 0 Å². The Balaban J connectivity index is -0.00000324. The average Bonchev–Trinajstić information content (AvgIpc) is 2.65. The molecule has 2 aliphatic rings. The number of carbonyl (C=O) groups is 1. The monoisotopic (exact) mass is 665 g/mol. The molecule has 0 bridgehead atoms. The van der Waals surface area contributed by atoms with E-state index in [9.17, 15) is 64.1 Å². The maximum atomic E-state index is 11.1. The van der Waals surface area contributed by atoms with Crippen LogP contribution >= 0.6 is 0 Å². The van der Waals surface area contributed by atoms with Gasteiger partial charge in [0.1, 0.15) is 42.2 Å². The van der Waals surface area contributed by atoms with Crippen molar-refractivity contribution in [3.05, 3.63) is 11.8 Å². The second kappa shape index (κ2) is 18.4. The van der Waals surface area contributed by atoms with E-state index in [0.717, 1.165) is 0 Å². The molecule has 39 heavy (non-hydrogen) atoms. The maximum Gasteiger partial charge on any atom is 1.00 e.